The van der Waals surface area contributed by atoms with Crippen LogP contribution in [0, 0.1) is 0 Å². The summed E-state index contributed by atoms with van der Waals surface area (Å²) in [6, 6.07) is 4.08. The molecule has 0 unspecified atom stereocenters. The molecular weight excluding hydrogens is 228 g/mol. The third-order valence-electron chi connectivity index (χ3n) is 4.36. The third-order valence-corrected chi connectivity index (χ3v) is 4.36. The third kappa shape index (κ3) is 1.53. The van der Waals surface area contributed by atoms with Crippen molar-refractivity contribution in [3.05, 3.63) is 28.8 Å². The molecule has 1 aromatic carbocycles. The minimum Gasteiger partial charge on any atom is -0.496 e. The van der Waals surface area contributed by atoms with Crippen molar-refractivity contribution in [1.29, 1.82) is 0 Å². The molecule has 0 spiro atoms. The Bertz CT molecular complexity index is 501. The molecule has 96 valence electrons. The van der Waals surface area contributed by atoms with Crippen LogP contribution in [0.1, 0.15) is 42.4 Å². The Morgan fingerprint density at radius 2 is 2.00 bits per heavy atom. The van der Waals surface area contributed by atoms with E-state index in [0.717, 1.165) is 37.0 Å². The molecule has 1 N–H and O–H groups in total. The first-order chi connectivity index (χ1) is 8.69. The second kappa shape index (κ2) is 4.01. The molecule has 2 aliphatic carbocycles. The molecule has 0 atom stereocenters. The Morgan fingerprint density at radius 3 is 2.61 bits per heavy atom. The van der Waals surface area contributed by atoms with E-state index in [-0.39, 0.29) is 0 Å². The molecular formula is C15H18O3. The number of rotatable bonds is 3. The van der Waals surface area contributed by atoms with Crippen LogP contribution in [0.4, 0.5) is 0 Å². The summed E-state index contributed by atoms with van der Waals surface area (Å²) in [5.74, 6) is 0.128. The van der Waals surface area contributed by atoms with E-state index in [1.165, 1.54) is 24.0 Å². The Hall–Kier alpha value is -1.51. The van der Waals surface area contributed by atoms with Crippen LogP contribution in [0.5, 0.6) is 5.75 Å². The molecule has 1 fully saturated rings. The average Bonchev–Trinajstić information content (AvgIpc) is 3.18. The van der Waals surface area contributed by atoms with E-state index in [4.69, 9.17) is 4.74 Å². The fourth-order valence-electron chi connectivity index (χ4n) is 3.13. The van der Waals surface area contributed by atoms with Crippen molar-refractivity contribution >= 4 is 5.97 Å². The van der Waals surface area contributed by atoms with E-state index in [1.54, 1.807) is 7.11 Å². The van der Waals surface area contributed by atoms with E-state index >= 15 is 0 Å². The quantitative estimate of drug-likeness (QED) is 0.892. The number of aliphatic carboxylic acids is 1. The largest absolute Gasteiger partial charge is 0.496 e. The zero-order valence-electron chi connectivity index (χ0n) is 10.7. The molecule has 1 saturated carbocycles. The lowest BCUT2D eigenvalue weighted by Crippen LogP contribution is -2.21. The molecule has 0 radical (unpaired) electrons. The minimum absolute atomic E-state index is 0.669. The average molecular weight is 246 g/mol. The summed E-state index contributed by atoms with van der Waals surface area (Å²) in [7, 11) is 1.66. The van der Waals surface area contributed by atoms with E-state index in [0.29, 0.717) is 0 Å². The molecule has 18 heavy (non-hydrogen) atoms. The predicted octanol–water partition coefficient (Wildman–Crippen LogP) is 2.69. The molecule has 0 aromatic heterocycles. The van der Waals surface area contributed by atoms with Gasteiger partial charge < -0.3 is 9.84 Å². The van der Waals surface area contributed by atoms with Gasteiger partial charge in [-0.2, -0.15) is 0 Å². The highest BCUT2D eigenvalue weighted by Gasteiger charge is 2.53. The second-order valence-corrected chi connectivity index (χ2v) is 5.38. The number of hydrogen-bond acceptors (Lipinski definition) is 2. The summed E-state index contributed by atoms with van der Waals surface area (Å²) in [6.07, 6.45) is 5.97. The Labute approximate surface area is 107 Å². The first-order valence-electron chi connectivity index (χ1n) is 6.62. The van der Waals surface area contributed by atoms with Crippen LogP contribution in [-0.2, 0) is 23.1 Å². The van der Waals surface area contributed by atoms with Crippen LogP contribution >= 0.6 is 0 Å². The lowest BCUT2D eigenvalue weighted by Gasteiger charge is -2.23. The molecule has 0 saturated heterocycles. The molecule has 3 nitrogen and oxygen atoms in total. The van der Waals surface area contributed by atoms with Gasteiger partial charge in [-0.25, -0.2) is 0 Å². The van der Waals surface area contributed by atoms with Crippen LogP contribution < -0.4 is 4.74 Å². The number of ether oxygens (including phenoxy) is 1. The number of hydrogen-bond donors (Lipinski definition) is 1. The summed E-state index contributed by atoms with van der Waals surface area (Å²) in [5, 5.41) is 9.43. The van der Waals surface area contributed by atoms with Crippen molar-refractivity contribution in [2.75, 3.05) is 7.11 Å². The van der Waals surface area contributed by atoms with Gasteiger partial charge in [-0.05, 0) is 49.7 Å². The van der Waals surface area contributed by atoms with E-state index < -0.39 is 11.4 Å². The smallest absolute Gasteiger partial charge is 0.314 e. The monoisotopic (exact) mass is 246 g/mol. The molecule has 0 heterocycles. The van der Waals surface area contributed by atoms with Gasteiger partial charge in [-0.15, -0.1) is 0 Å². The van der Waals surface area contributed by atoms with Gasteiger partial charge >= 0.3 is 5.97 Å². The molecule has 3 rings (SSSR count). The highest BCUT2D eigenvalue weighted by molar-refractivity contribution is 5.86. The van der Waals surface area contributed by atoms with Crippen LogP contribution in [0.15, 0.2) is 12.1 Å². The summed E-state index contributed by atoms with van der Waals surface area (Å²) in [6.45, 7) is 0. The van der Waals surface area contributed by atoms with Gasteiger partial charge in [-0.3, -0.25) is 4.79 Å². The summed E-state index contributed by atoms with van der Waals surface area (Å²) >= 11 is 0. The number of carboxylic acids is 1. The maximum absolute atomic E-state index is 11.5. The number of methoxy groups -OCH3 is 1. The van der Waals surface area contributed by atoms with Gasteiger partial charge in [0.2, 0.25) is 0 Å². The second-order valence-electron chi connectivity index (χ2n) is 5.38. The molecule has 0 bridgehead atoms. The van der Waals surface area contributed by atoms with Crippen molar-refractivity contribution in [2.24, 2.45) is 0 Å². The standard InChI is InChI=1S/C15H18O3/c1-18-13-11-5-3-2-4-10(11)6-7-12(13)15(8-9-15)14(16)17/h6-7H,2-5,8-9H2,1H3,(H,16,17). The number of carboxylic acid groups (broad SMARTS) is 1. The maximum atomic E-state index is 11.5. The van der Waals surface area contributed by atoms with Crippen molar-refractivity contribution in [3.8, 4) is 5.75 Å². The Morgan fingerprint density at radius 1 is 1.28 bits per heavy atom. The zero-order chi connectivity index (χ0) is 12.8. The molecule has 0 aliphatic heterocycles. The lowest BCUT2D eigenvalue weighted by atomic mass is 9.85. The minimum atomic E-state index is -0.712. The predicted molar refractivity (Wildman–Crippen MR) is 68.2 cm³/mol. The van der Waals surface area contributed by atoms with Gasteiger partial charge in [0.1, 0.15) is 5.75 Å². The van der Waals surface area contributed by atoms with E-state index in [9.17, 15) is 9.90 Å². The van der Waals surface area contributed by atoms with Crippen molar-refractivity contribution in [1.82, 2.24) is 0 Å². The number of benzene rings is 1. The van der Waals surface area contributed by atoms with Gasteiger partial charge in [0.25, 0.3) is 0 Å². The van der Waals surface area contributed by atoms with Crippen molar-refractivity contribution in [2.45, 2.75) is 43.9 Å². The van der Waals surface area contributed by atoms with E-state index in [1.807, 2.05) is 6.07 Å². The number of fused-ring (bicyclic) bond motifs is 1. The van der Waals surface area contributed by atoms with Gasteiger partial charge in [0.05, 0.1) is 12.5 Å². The normalized spacial score (nSPS) is 20.1. The van der Waals surface area contributed by atoms with Gasteiger partial charge in [0.15, 0.2) is 0 Å². The van der Waals surface area contributed by atoms with Crippen LogP contribution in [0.2, 0.25) is 0 Å². The van der Waals surface area contributed by atoms with Gasteiger partial charge in [0, 0.05) is 5.56 Å². The van der Waals surface area contributed by atoms with Crippen LogP contribution in [0.25, 0.3) is 0 Å². The highest BCUT2D eigenvalue weighted by Crippen LogP contribution is 2.53. The van der Waals surface area contributed by atoms with Crippen LogP contribution in [0.3, 0.4) is 0 Å². The topological polar surface area (TPSA) is 46.5 Å². The fraction of sp³-hybridized carbons (Fsp3) is 0.533. The van der Waals surface area contributed by atoms with Crippen molar-refractivity contribution < 1.29 is 14.6 Å². The summed E-state index contributed by atoms with van der Waals surface area (Å²) in [5.41, 5.74) is 2.80. The maximum Gasteiger partial charge on any atom is 0.314 e. The van der Waals surface area contributed by atoms with Gasteiger partial charge in [-0.1, -0.05) is 12.1 Å². The highest BCUT2D eigenvalue weighted by atomic mass is 16.5. The first kappa shape index (κ1) is 11.6. The Kier molecular flexibility index (Phi) is 2.58. The van der Waals surface area contributed by atoms with Crippen LogP contribution in [-0.4, -0.2) is 18.2 Å². The molecule has 1 aromatic rings. The molecule has 3 heteroatoms. The number of aryl methyl sites for hydroxylation is 1. The van der Waals surface area contributed by atoms with E-state index in [2.05, 4.69) is 6.07 Å². The summed E-state index contributed by atoms with van der Waals surface area (Å²) in [4.78, 5) is 11.5. The number of carbonyl (C=O) groups is 1. The molecule has 2 aliphatic rings. The lowest BCUT2D eigenvalue weighted by molar-refractivity contribution is -0.140. The zero-order valence-corrected chi connectivity index (χ0v) is 10.7. The summed E-state index contributed by atoms with van der Waals surface area (Å²) < 4.78 is 5.56. The Balaban J connectivity index is 2.13. The van der Waals surface area contributed by atoms with Crippen molar-refractivity contribution in [3.63, 3.8) is 0 Å². The SMILES string of the molecule is COc1c(C2(C(=O)O)CC2)ccc2c1CCCC2. The fourth-order valence-corrected chi connectivity index (χ4v) is 3.13. The molecule has 0 amide bonds. The first-order valence-corrected chi connectivity index (χ1v) is 6.62.